The summed E-state index contributed by atoms with van der Waals surface area (Å²) < 4.78 is 27.9. The zero-order chi connectivity index (χ0) is 22.5. The van der Waals surface area contributed by atoms with Gasteiger partial charge in [0.15, 0.2) is 0 Å². The maximum Gasteiger partial charge on any atom is 0.336 e. The van der Waals surface area contributed by atoms with Gasteiger partial charge in [-0.15, -0.1) is 0 Å². The minimum Gasteiger partial charge on any atom is -0.478 e. The fourth-order valence-corrected chi connectivity index (χ4v) is 3.58. The first-order valence-electron chi connectivity index (χ1n) is 9.90. The van der Waals surface area contributed by atoms with Crippen LogP contribution in [0.2, 0.25) is 0 Å². The summed E-state index contributed by atoms with van der Waals surface area (Å²) in [7, 11) is 0. The van der Waals surface area contributed by atoms with E-state index in [-0.39, 0.29) is 22.7 Å². The molecule has 1 atom stereocenters. The van der Waals surface area contributed by atoms with Crippen LogP contribution in [0.3, 0.4) is 0 Å². The molecule has 1 aromatic carbocycles. The Labute approximate surface area is 180 Å². The number of carboxylic acid groups (broad SMARTS) is 1. The number of carbonyl (C=O) groups is 1. The molecule has 2 aromatic rings. The number of fused-ring (bicyclic) bond motifs is 1. The average molecular weight is 419 g/mol. The Balaban J connectivity index is 2.01. The lowest BCUT2D eigenvalue weighted by atomic mass is 9.96. The van der Waals surface area contributed by atoms with Crippen molar-refractivity contribution in [3.63, 3.8) is 0 Å². The van der Waals surface area contributed by atoms with E-state index in [2.05, 4.69) is 11.6 Å². The second-order valence-electron chi connectivity index (χ2n) is 7.26. The molecular weight excluding hydrogens is 396 g/mol. The number of benzene rings is 1. The average Bonchev–Trinajstić information content (AvgIpc) is 2.95. The number of rotatable bonds is 6. The summed E-state index contributed by atoms with van der Waals surface area (Å²) in [4.78, 5) is 16.4. The molecular formula is C26H23F2NO2. The molecule has 0 saturated heterocycles. The Morgan fingerprint density at radius 1 is 1.32 bits per heavy atom. The van der Waals surface area contributed by atoms with Crippen molar-refractivity contribution in [1.29, 1.82) is 0 Å². The van der Waals surface area contributed by atoms with E-state index in [9.17, 15) is 18.7 Å². The van der Waals surface area contributed by atoms with Gasteiger partial charge in [0, 0.05) is 11.3 Å². The summed E-state index contributed by atoms with van der Waals surface area (Å²) >= 11 is 0. The normalized spacial score (nSPS) is 15.5. The van der Waals surface area contributed by atoms with Gasteiger partial charge in [0.05, 0.1) is 16.8 Å². The van der Waals surface area contributed by atoms with Crippen LogP contribution in [0.25, 0.3) is 16.5 Å². The Kier molecular flexibility index (Phi) is 6.75. The molecule has 158 valence electrons. The fourth-order valence-electron chi connectivity index (χ4n) is 3.58. The molecule has 1 N–H and O–H groups in total. The van der Waals surface area contributed by atoms with Crippen molar-refractivity contribution < 1.29 is 18.7 Å². The number of aromatic nitrogens is 1. The summed E-state index contributed by atoms with van der Waals surface area (Å²) in [5.74, 6) is -2.09. The highest BCUT2D eigenvalue weighted by atomic mass is 19.1. The lowest BCUT2D eigenvalue weighted by Gasteiger charge is -2.13. The van der Waals surface area contributed by atoms with Gasteiger partial charge in [-0.1, -0.05) is 56.0 Å². The summed E-state index contributed by atoms with van der Waals surface area (Å²) in [5.41, 5.74) is 2.49. The standard InChI is InChI=1S/C26H23F2NO2/c1-4-18(10-8-9-16(2)20-11-6-5-7-12-22(20)28)25-17(3)24(26(30)31)21-15-19(27)13-14-23(21)29-25/h4-5,7-16H,1,6H2,2-3H3,(H,30,31)/b9-8?,18-10+. The molecule has 0 aliphatic heterocycles. The highest BCUT2D eigenvalue weighted by molar-refractivity contribution is 6.05. The smallest absolute Gasteiger partial charge is 0.336 e. The van der Waals surface area contributed by atoms with E-state index in [1.54, 1.807) is 31.2 Å². The molecule has 1 aromatic heterocycles. The van der Waals surface area contributed by atoms with Gasteiger partial charge in [-0.2, -0.15) is 0 Å². The Morgan fingerprint density at radius 3 is 2.81 bits per heavy atom. The number of allylic oxidation sites excluding steroid dienone is 11. The molecule has 0 bridgehead atoms. The number of aromatic carboxylic acids is 1. The summed E-state index contributed by atoms with van der Waals surface area (Å²) in [6, 6.07) is 3.88. The largest absolute Gasteiger partial charge is 0.478 e. The third kappa shape index (κ3) is 4.77. The van der Waals surface area contributed by atoms with Gasteiger partial charge < -0.3 is 5.11 Å². The Hall–Kier alpha value is -3.60. The van der Waals surface area contributed by atoms with Crippen molar-refractivity contribution in [2.75, 3.05) is 0 Å². The van der Waals surface area contributed by atoms with Crippen molar-refractivity contribution in [3.05, 3.63) is 107 Å². The molecule has 0 spiro atoms. The van der Waals surface area contributed by atoms with E-state index in [4.69, 9.17) is 0 Å². The molecule has 3 nitrogen and oxygen atoms in total. The molecule has 1 unspecified atom stereocenters. The van der Waals surface area contributed by atoms with Crippen molar-refractivity contribution in [2.45, 2.75) is 20.3 Å². The summed E-state index contributed by atoms with van der Waals surface area (Å²) in [6.07, 6.45) is 14.6. The number of hydrogen-bond donors (Lipinski definition) is 1. The zero-order valence-corrected chi connectivity index (χ0v) is 17.4. The molecule has 3 rings (SSSR count). The van der Waals surface area contributed by atoms with E-state index in [1.165, 1.54) is 24.3 Å². The minimum atomic E-state index is -1.15. The molecule has 1 aliphatic carbocycles. The topological polar surface area (TPSA) is 50.2 Å². The number of carboxylic acids is 1. The third-order valence-corrected chi connectivity index (χ3v) is 5.19. The first-order valence-corrected chi connectivity index (χ1v) is 9.90. The van der Waals surface area contributed by atoms with Gasteiger partial charge in [-0.05, 0) is 54.3 Å². The molecule has 1 aliphatic rings. The van der Waals surface area contributed by atoms with E-state index >= 15 is 0 Å². The quantitative estimate of drug-likeness (QED) is 0.519. The van der Waals surface area contributed by atoms with Crippen LogP contribution < -0.4 is 0 Å². The van der Waals surface area contributed by atoms with Gasteiger partial charge in [0.1, 0.15) is 11.6 Å². The summed E-state index contributed by atoms with van der Waals surface area (Å²) in [5, 5.41) is 9.96. The van der Waals surface area contributed by atoms with Crippen LogP contribution in [0, 0.1) is 18.7 Å². The highest BCUT2D eigenvalue weighted by Gasteiger charge is 2.19. The minimum absolute atomic E-state index is 0.00733. The Morgan fingerprint density at radius 2 is 2.10 bits per heavy atom. The maximum atomic E-state index is 14.2. The first kappa shape index (κ1) is 22.1. The molecule has 0 fully saturated rings. The lowest BCUT2D eigenvalue weighted by molar-refractivity contribution is 0.0698. The summed E-state index contributed by atoms with van der Waals surface area (Å²) in [6.45, 7) is 7.36. The van der Waals surface area contributed by atoms with Crippen LogP contribution in [-0.4, -0.2) is 16.1 Å². The number of nitrogens with zero attached hydrogens (tertiary/aromatic N) is 1. The van der Waals surface area contributed by atoms with Crippen LogP contribution in [0.15, 0.2) is 84.8 Å². The zero-order valence-electron chi connectivity index (χ0n) is 17.4. The van der Waals surface area contributed by atoms with Gasteiger partial charge in [-0.3, -0.25) is 0 Å². The van der Waals surface area contributed by atoms with Crippen molar-refractivity contribution in [3.8, 4) is 0 Å². The van der Waals surface area contributed by atoms with Gasteiger partial charge in [0.2, 0.25) is 0 Å². The Bertz CT molecular complexity index is 1200. The van der Waals surface area contributed by atoms with Crippen LogP contribution in [0.4, 0.5) is 8.78 Å². The SMILES string of the molecule is C=C/C(=C\C=CC(C)C1=CCC=CC=C1F)c1nc2ccc(F)cc2c(C(=O)O)c1C. The molecule has 0 amide bonds. The van der Waals surface area contributed by atoms with Crippen molar-refractivity contribution >= 4 is 22.4 Å². The highest BCUT2D eigenvalue weighted by Crippen LogP contribution is 2.29. The second kappa shape index (κ2) is 9.47. The molecule has 0 saturated carbocycles. The third-order valence-electron chi connectivity index (χ3n) is 5.19. The van der Waals surface area contributed by atoms with Crippen LogP contribution in [0.5, 0.6) is 0 Å². The molecule has 5 heteroatoms. The van der Waals surface area contributed by atoms with Crippen LogP contribution >= 0.6 is 0 Å². The van der Waals surface area contributed by atoms with Gasteiger partial charge in [0.25, 0.3) is 0 Å². The monoisotopic (exact) mass is 419 g/mol. The fraction of sp³-hybridized carbons (Fsp3) is 0.154. The van der Waals surface area contributed by atoms with Gasteiger partial charge >= 0.3 is 5.97 Å². The van der Waals surface area contributed by atoms with E-state index in [0.29, 0.717) is 34.3 Å². The molecule has 0 radical (unpaired) electrons. The van der Waals surface area contributed by atoms with Crippen molar-refractivity contribution in [2.24, 2.45) is 5.92 Å². The number of hydrogen-bond acceptors (Lipinski definition) is 2. The predicted molar refractivity (Wildman–Crippen MR) is 121 cm³/mol. The predicted octanol–water partition coefficient (Wildman–Crippen LogP) is 6.88. The van der Waals surface area contributed by atoms with Gasteiger partial charge in [-0.25, -0.2) is 18.6 Å². The number of halogens is 2. The molecule has 1 heterocycles. The molecule has 31 heavy (non-hydrogen) atoms. The van der Waals surface area contributed by atoms with Crippen LogP contribution in [0.1, 0.15) is 35.0 Å². The van der Waals surface area contributed by atoms with E-state index in [0.717, 1.165) is 0 Å². The second-order valence-corrected chi connectivity index (χ2v) is 7.26. The number of pyridine rings is 1. The van der Waals surface area contributed by atoms with Crippen LogP contribution in [-0.2, 0) is 0 Å². The van der Waals surface area contributed by atoms with E-state index < -0.39 is 11.8 Å². The van der Waals surface area contributed by atoms with Crippen molar-refractivity contribution in [1.82, 2.24) is 4.98 Å². The lowest BCUT2D eigenvalue weighted by Crippen LogP contribution is -2.06. The first-order chi connectivity index (χ1) is 14.8. The maximum absolute atomic E-state index is 14.2. The van der Waals surface area contributed by atoms with E-state index in [1.807, 2.05) is 25.2 Å².